The van der Waals surface area contributed by atoms with Crippen molar-refractivity contribution in [2.75, 3.05) is 13.2 Å². The molecule has 2 unspecified atom stereocenters. The molecule has 1 fully saturated rings. The van der Waals surface area contributed by atoms with Gasteiger partial charge in [-0.2, -0.15) is 0 Å². The second kappa shape index (κ2) is 6.57. The molecule has 110 valence electrons. The van der Waals surface area contributed by atoms with Crippen molar-refractivity contribution < 1.29 is 9.53 Å². The molecule has 0 aliphatic carbocycles. The molecule has 5 heteroatoms. The first-order valence-corrected chi connectivity index (χ1v) is 7.30. The van der Waals surface area contributed by atoms with Crippen molar-refractivity contribution in [3.63, 3.8) is 0 Å². The lowest BCUT2D eigenvalue weighted by molar-refractivity contribution is -0.130. The van der Waals surface area contributed by atoms with Crippen molar-refractivity contribution in [1.29, 1.82) is 0 Å². The lowest BCUT2D eigenvalue weighted by Crippen LogP contribution is -2.34. The van der Waals surface area contributed by atoms with E-state index in [1.807, 2.05) is 49.9 Å². The van der Waals surface area contributed by atoms with Crippen LogP contribution in [0.5, 0.6) is 0 Å². The van der Waals surface area contributed by atoms with Gasteiger partial charge in [-0.05, 0) is 38.5 Å². The first-order chi connectivity index (χ1) is 9.49. The van der Waals surface area contributed by atoms with E-state index < -0.39 is 0 Å². The first kappa shape index (κ1) is 15.3. The van der Waals surface area contributed by atoms with Crippen molar-refractivity contribution in [2.45, 2.75) is 39.1 Å². The first-order valence-electron chi connectivity index (χ1n) is 6.92. The minimum Gasteiger partial charge on any atom is -0.377 e. The summed E-state index contributed by atoms with van der Waals surface area (Å²) < 4.78 is 5.55. The average Bonchev–Trinajstić information content (AvgIpc) is 2.66. The van der Waals surface area contributed by atoms with Gasteiger partial charge in [0, 0.05) is 11.6 Å². The predicted octanol–water partition coefficient (Wildman–Crippen LogP) is 2.58. The Bertz CT molecular complexity index is 479. The fourth-order valence-electron chi connectivity index (χ4n) is 2.35. The third kappa shape index (κ3) is 3.51. The second-order valence-electron chi connectivity index (χ2n) is 5.30. The monoisotopic (exact) mass is 296 g/mol. The maximum atomic E-state index is 12.2. The van der Waals surface area contributed by atoms with Gasteiger partial charge in [0.05, 0.1) is 18.8 Å². The molecule has 1 saturated heterocycles. The van der Waals surface area contributed by atoms with Crippen molar-refractivity contribution in [2.24, 2.45) is 0 Å². The Hall–Kier alpha value is -1.10. The van der Waals surface area contributed by atoms with Crippen molar-refractivity contribution >= 4 is 17.5 Å². The highest BCUT2D eigenvalue weighted by Gasteiger charge is 2.36. The predicted molar refractivity (Wildman–Crippen MR) is 79.6 cm³/mol. The number of ether oxygens (including phenoxy) is 1. The maximum absolute atomic E-state index is 12.2. The summed E-state index contributed by atoms with van der Waals surface area (Å²) in [7, 11) is 0. The van der Waals surface area contributed by atoms with Gasteiger partial charge in [0.25, 0.3) is 0 Å². The van der Waals surface area contributed by atoms with Crippen LogP contribution in [0.25, 0.3) is 0 Å². The molecule has 20 heavy (non-hydrogen) atoms. The molecule has 1 aliphatic rings. The van der Waals surface area contributed by atoms with Crippen molar-refractivity contribution in [1.82, 2.24) is 10.2 Å². The van der Waals surface area contributed by atoms with E-state index in [1.165, 1.54) is 0 Å². The molecular formula is C15H21ClN2O2. The van der Waals surface area contributed by atoms with Gasteiger partial charge in [0.1, 0.15) is 6.17 Å². The van der Waals surface area contributed by atoms with Crippen LogP contribution in [0.1, 0.15) is 32.5 Å². The van der Waals surface area contributed by atoms with E-state index >= 15 is 0 Å². The Morgan fingerprint density at radius 1 is 1.45 bits per heavy atom. The Kier molecular flexibility index (Phi) is 5.02. The number of hydrogen-bond acceptors (Lipinski definition) is 3. The molecule has 1 aromatic carbocycles. The molecular weight excluding hydrogens is 276 g/mol. The molecule has 1 aliphatic heterocycles. The number of carbonyl (C=O) groups excluding carboxylic acids is 1. The van der Waals surface area contributed by atoms with Crippen LogP contribution in [0.15, 0.2) is 24.3 Å². The number of nitrogens with one attached hydrogen (secondary N) is 1. The molecule has 0 aromatic heterocycles. The zero-order valence-electron chi connectivity index (χ0n) is 12.1. The van der Waals surface area contributed by atoms with E-state index in [4.69, 9.17) is 16.3 Å². The van der Waals surface area contributed by atoms with E-state index in [9.17, 15) is 4.79 Å². The zero-order chi connectivity index (χ0) is 14.7. The van der Waals surface area contributed by atoms with E-state index in [-0.39, 0.29) is 24.2 Å². The smallest absolute Gasteiger partial charge is 0.241 e. The average molecular weight is 297 g/mol. The quantitative estimate of drug-likeness (QED) is 0.908. The molecule has 1 heterocycles. The number of hydrogen-bond donors (Lipinski definition) is 1. The van der Waals surface area contributed by atoms with Gasteiger partial charge in [-0.3, -0.25) is 10.1 Å². The number of rotatable bonds is 5. The summed E-state index contributed by atoms with van der Waals surface area (Å²) >= 11 is 6.03. The lowest BCUT2D eigenvalue weighted by Gasteiger charge is -2.25. The zero-order valence-corrected chi connectivity index (χ0v) is 12.9. The summed E-state index contributed by atoms with van der Waals surface area (Å²) in [5.74, 6) is 0.0994. The second-order valence-corrected chi connectivity index (χ2v) is 5.73. The van der Waals surface area contributed by atoms with E-state index in [1.54, 1.807) is 0 Å². The van der Waals surface area contributed by atoms with Gasteiger partial charge in [-0.25, -0.2) is 0 Å². The number of amides is 1. The van der Waals surface area contributed by atoms with E-state index in [0.29, 0.717) is 18.2 Å². The summed E-state index contributed by atoms with van der Waals surface area (Å²) in [4.78, 5) is 14.0. The maximum Gasteiger partial charge on any atom is 0.241 e. The fourth-order valence-corrected chi connectivity index (χ4v) is 2.55. The molecule has 0 saturated carbocycles. The van der Waals surface area contributed by atoms with E-state index in [2.05, 4.69) is 5.32 Å². The Morgan fingerprint density at radius 2 is 2.20 bits per heavy atom. The summed E-state index contributed by atoms with van der Waals surface area (Å²) in [6.45, 7) is 6.96. The van der Waals surface area contributed by atoms with Crippen LogP contribution in [0.2, 0.25) is 5.02 Å². The van der Waals surface area contributed by atoms with Crippen LogP contribution in [0.4, 0.5) is 0 Å². The van der Waals surface area contributed by atoms with Crippen molar-refractivity contribution in [3.05, 3.63) is 34.9 Å². The molecule has 1 amide bonds. The highest BCUT2D eigenvalue weighted by molar-refractivity contribution is 6.30. The molecule has 0 bridgehead atoms. The summed E-state index contributed by atoms with van der Waals surface area (Å²) in [5, 5.41) is 3.97. The normalized spacial score (nSPS) is 22.9. The van der Waals surface area contributed by atoms with Gasteiger partial charge < -0.3 is 9.64 Å². The standard InChI is InChI=1S/C15H21ClN2O2/c1-10(2)20-8-7-18-14(17-11(3)15(18)19)12-5-4-6-13(16)9-12/h4-6,9-11,14,17H,7-8H2,1-3H3. The highest BCUT2D eigenvalue weighted by atomic mass is 35.5. The Morgan fingerprint density at radius 3 is 2.85 bits per heavy atom. The molecule has 1 N–H and O–H groups in total. The van der Waals surface area contributed by atoms with Crippen LogP contribution in [-0.2, 0) is 9.53 Å². The fraction of sp³-hybridized carbons (Fsp3) is 0.533. The number of nitrogens with zero attached hydrogens (tertiary/aromatic N) is 1. The van der Waals surface area contributed by atoms with Gasteiger partial charge in [0.2, 0.25) is 5.91 Å². The molecule has 2 atom stereocenters. The third-order valence-electron chi connectivity index (χ3n) is 3.32. The molecule has 4 nitrogen and oxygen atoms in total. The van der Waals surface area contributed by atoms with E-state index in [0.717, 1.165) is 5.56 Å². The minimum atomic E-state index is -0.182. The van der Waals surface area contributed by atoms with Gasteiger partial charge >= 0.3 is 0 Å². The molecule has 0 radical (unpaired) electrons. The Balaban J connectivity index is 2.11. The topological polar surface area (TPSA) is 41.6 Å². The van der Waals surface area contributed by atoms with Crippen LogP contribution >= 0.6 is 11.6 Å². The van der Waals surface area contributed by atoms with Crippen LogP contribution in [0, 0.1) is 0 Å². The molecule has 0 spiro atoms. The SMILES string of the molecule is CC(C)OCCN1C(=O)C(C)NC1c1cccc(Cl)c1. The highest BCUT2D eigenvalue weighted by Crippen LogP contribution is 2.26. The largest absolute Gasteiger partial charge is 0.377 e. The third-order valence-corrected chi connectivity index (χ3v) is 3.56. The Labute approximate surface area is 125 Å². The lowest BCUT2D eigenvalue weighted by atomic mass is 10.1. The van der Waals surface area contributed by atoms with Gasteiger partial charge in [-0.15, -0.1) is 0 Å². The molecule has 1 aromatic rings. The molecule has 2 rings (SSSR count). The summed E-state index contributed by atoms with van der Waals surface area (Å²) in [6.07, 6.45) is 0.0367. The summed E-state index contributed by atoms with van der Waals surface area (Å²) in [6, 6.07) is 7.41. The van der Waals surface area contributed by atoms with Gasteiger partial charge in [-0.1, -0.05) is 23.7 Å². The number of benzene rings is 1. The number of carbonyl (C=O) groups is 1. The van der Waals surface area contributed by atoms with Crippen LogP contribution < -0.4 is 5.32 Å². The summed E-state index contributed by atoms with van der Waals surface area (Å²) in [5.41, 5.74) is 1.000. The van der Waals surface area contributed by atoms with Crippen LogP contribution in [-0.4, -0.2) is 36.1 Å². The minimum absolute atomic E-state index is 0.0994. The van der Waals surface area contributed by atoms with Crippen LogP contribution in [0.3, 0.4) is 0 Å². The van der Waals surface area contributed by atoms with Gasteiger partial charge in [0.15, 0.2) is 0 Å². The number of halogens is 1. The van der Waals surface area contributed by atoms with Crippen molar-refractivity contribution in [3.8, 4) is 0 Å².